The van der Waals surface area contributed by atoms with Crippen LogP contribution in [0.4, 0.5) is 5.69 Å². The third kappa shape index (κ3) is 2.44. The molecule has 2 N–H and O–H groups in total. The molecule has 0 saturated heterocycles. The molecule has 0 bridgehead atoms. The maximum atomic E-state index is 6.09. The lowest BCUT2D eigenvalue weighted by Gasteiger charge is -2.14. The molecule has 0 aliphatic rings. The summed E-state index contributed by atoms with van der Waals surface area (Å²) in [6.07, 6.45) is 0. The predicted octanol–water partition coefficient (Wildman–Crippen LogP) is 4.64. The van der Waals surface area contributed by atoms with Crippen molar-refractivity contribution in [1.29, 1.82) is 0 Å². The standard InChI is InChI=1S/C15H16ClNO/c1-9-4-5-10(2)14(8-9)18-15-11(3)12(16)6-7-13(15)17/h4-8H,17H2,1-3H3. The highest BCUT2D eigenvalue weighted by Gasteiger charge is 2.10. The molecule has 3 heteroatoms. The van der Waals surface area contributed by atoms with Crippen LogP contribution in [0.5, 0.6) is 11.5 Å². The average molecular weight is 262 g/mol. The fourth-order valence-corrected chi connectivity index (χ4v) is 1.90. The number of ether oxygens (including phenoxy) is 1. The SMILES string of the molecule is Cc1ccc(C)c(Oc2c(N)ccc(Cl)c2C)c1. The molecule has 0 aliphatic carbocycles. The third-order valence-corrected chi connectivity index (χ3v) is 3.34. The summed E-state index contributed by atoms with van der Waals surface area (Å²) in [5, 5.41) is 0.657. The summed E-state index contributed by atoms with van der Waals surface area (Å²) in [6, 6.07) is 9.62. The Hall–Kier alpha value is -1.67. The topological polar surface area (TPSA) is 35.2 Å². The van der Waals surface area contributed by atoms with Crippen molar-refractivity contribution in [3.05, 3.63) is 52.0 Å². The molecule has 0 aromatic heterocycles. The molecule has 0 heterocycles. The Morgan fingerprint density at radius 1 is 1.06 bits per heavy atom. The highest BCUT2D eigenvalue weighted by molar-refractivity contribution is 6.31. The predicted molar refractivity (Wildman–Crippen MR) is 76.6 cm³/mol. The first kappa shape index (κ1) is 12.8. The van der Waals surface area contributed by atoms with E-state index < -0.39 is 0 Å². The highest BCUT2D eigenvalue weighted by Crippen LogP contribution is 2.36. The van der Waals surface area contributed by atoms with E-state index >= 15 is 0 Å². The van der Waals surface area contributed by atoms with Crippen LogP contribution in [0.3, 0.4) is 0 Å². The Balaban J connectivity index is 2.46. The summed E-state index contributed by atoms with van der Waals surface area (Å²) in [7, 11) is 0. The Bertz CT molecular complexity index is 593. The zero-order valence-corrected chi connectivity index (χ0v) is 11.5. The molecule has 0 radical (unpaired) electrons. The van der Waals surface area contributed by atoms with Crippen LogP contribution >= 0.6 is 11.6 Å². The van der Waals surface area contributed by atoms with E-state index in [9.17, 15) is 0 Å². The van der Waals surface area contributed by atoms with Crippen molar-refractivity contribution < 1.29 is 4.74 Å². The van der Waals surface area contributed by atoms with Gasteiger partial charge in [0.15, 0.2) is 5.75 Å². The fourth-order valence-electron chi connectivity index (χ4n) is 1.75. The first-order valence-corrected chi connectivity index (χ1v) is 6.16. The van der Waals surface area contributed by atoms with Crippen molar-refractivity contribution >= 4 is 17.3 Å². The Labute approximate surface area is 112 Å². The van der Waals surface area contributed by atoms with Gasteiger partial charge in [-0.1, -0.05) is 23.7 Å². The van der Waals surface area contributed by atoms with Gasteiger partial charge in [-0.3, -0.25) is 0 Å². The number of nitrogen functional groups attached to an aromatic ring is 1. The van der Waals surface area contributed by atoms with Crippen molar-refractivity contribution in [2.24, 2.45) is 0 Å². The van der Waals surface area contributed by atoms with Crippen molar-refractivity contribution in [2.75, 3.05) is 5.73 Å². The normalized spacial score (nSPS) is 10.4. The van der Waals surface area contributed by atoms with Crippen LogP contribution < -0.4 is 10.5 Å². The molecule has 0 atom stereocenters. The first-order valence-electron chi connectivity index (χ1n) is 5.78. The maximum absolute atomic E-state index is 6.09. The lowest BCUT2D eigenvalue weighted by atomic mass is 10.1. The van der Waals surface area contributed by atoms with Crippen LogP contribution in [0.1, 0.15) is 16.7 Å². The molecule has 0 aliphatic heterocycles. The lowest BCUT2D eigenvalue weighted by molar-refractivity contribution is 0.477. The van der Waals surface area contributed by atoms with Crippen LogP contribution in [0.2, 0.25) is 5.02 Å². The third-order valence-electron chi connectivity index (χ3n) is 2.93. The largest absolute Gasteiger partial charge is 0.455 e. The van der Waals surface area contributed by atoms with Crippen LogP contribution in [0.15, 0.2) is 30.3 Å². The van der Waals surface area contributed by atoms with Crippen molar-refractivity contribution in [3.8, 4) is 11.5 Å². The number of halogens is 1. The first-order chi connectivity index (χ1) is 8.49. The van der Waals surface area contributed by atoms with Crippen LogP contribution in [-0.4, -0.2) is 0 Å². The minimum Gasteiger partial charge on any atom is -0.455 e. The van der Waals surface area contributed by atoms with Gasteiger partial charge in [-0.25, -0.2) is 0 Å². The van der Waals surface area contributed by atoms with Gasteiger partial charge >= 0.3 is 0 Å². The molecular weight excluding hydrogens is 246 g/mol. The van der Waals surface area contributed by atoms with E-state index in [1.54, 1.807) is 12.1 Å². The number of hydrogen-bond acceptors (Lipinski definition) is 2. The van der Waals surface area contributed by atoms with Gasteiger partial charge in [0, 0.05) is 10.6 Å². The van der Waals surface area contributed by atoms with E-state index in [1.807, 2.05) is 32.9 Å². The molecule has 2 rings (SSSR count). The number of aryl methyl sites for hydroxylation is 2. The van der Waals surface area contributed by atoms with E-state index in [1.165, 1.54) is 0 Å². The lowest BCUT2D eigenvalue weighted by Crippen LogP contribution is -1.96. The van der Waals surface area contributed by atoms with Gasteiger partial charge in [-0.2, -0.15) is 0 Å². The minimum absolute atomic E-state index is 0.595. The van der Waals surface area contributed by atoms with Gasteiger partial charge in [0.25, 0.3) is 0 Å². The molecule has 2 aromatic carbocycles. The smallest absolute Gasteiger partial charge is 0.154 e. The molecule has 2 aromatic rings. The number of hydrogen-bond donors (Lipinski definition) is 1. The maximum Gasteiger partial charge on any atom is 0.154 e. The second kappa shape index (κ2) is 4.91. The second-order valence-corrected chi connectivity index (χ2v) is 4.87. The quantitative estimate of drug-likeness (QED) is 0.800. The molecule has 2 nitrogen and oxygen atoms in total. The highest BCUT2D eigenvalue weighted by atomic mass is 35.5. The molecule has 18 heavy (non-hydrogen) atoms. The summed E-state index contributed by atoms with van der Waals surface area (Å²) >= 11 is 6.09. The number of rotatable bonds is 2. The zero-order valence-electron chi connectivity index (χ0n) is 10.8. The average Bonchev–Trinajstić information content (AvgIpc) is 2.34. The van der Waals surface area contributed by atoms with Gasteiger partial charge in [-0.05, 0) is 50.1 Å². The van der Waals surface area contributed by atoms with Crippen molar-refractivity contribution in [1.82, 2.24) is 0 Å². The summed E-state index contributed by atoms with van der Waals surface area (Å²) in [5.74, 6) is 1.45. The minimum atomic E-state index is 0.595. The molecular formula is C15H16ClNO. The molecule has 0 spiro atoms. The van der Waals surface area contributed by atoms with Gasteiger partial charge in [0.2, 0.25) is 0 Å². The Kier molecular flexibility index (Phi) is 3.48. The summed E-state index contributed by atoms with van der Waals surface area (Å²) in [5.41, 5.74) is 9.61. The second-order valence-electron chi connectivity index (χ2n) is 4.46. The molecule has 0 unspecified atom stereocenters. The van der Waals surface area contributed by atoms with Crippen LogP contribution in [-0.2, 0) is 0 Å². The molecule has 0 fully saturated rings. The molecule has 0 amide bonds. The number of anilines is 1. The van der Waals surface area contributed by atoms with Crippen LogP contribution in [0.25, 0.3) is 0 Å². The monoisotopic (exact) mass is 261 g/mol. The van der Waals surface area contributed by atoms with Gasteiger partial charge in [0.1, 0.15) is 5.75 Å². The summed E-state index contributed by atoms with van der Waals surface area (Å²) in [6.45, 7) is 5.94. The van der Waals surface area contributed by atoms with E-state index in [0.29, 0.717) is 16.5 Å². The fraction of sp³-hybridized carbons (Fsp3) is 0.200. The van der Waals surface area contributed by atoms with Crippen molar-refractivity contribution in [2.45, 2.75) is 20.8 Å². The molecule has 0 saturated carbocycles. The van der Waals surface area contributed by atoms with Gasteiger partial charge in [-0.15, -0.1) is 0 Å². The Morgan fingerprint density at radius 3 is 2.50 bits per heavy atom. The van der Waals surface area contributed by atoms with E-state index in [2.05, 4.69) is 6.07 Å². The van der Waals surface area contributed by atoms with Gasteiger partial charge < -0.3 is 10.5 Å². The van der Waals surface area contributed by atoms with E-state index in [0.717, 1.165) is 22.4 Å². The van der Waals surface area contributed by atoms with E-state index in [-0.39, 0.29) is 0 Å². The zero-order chi connectivity index (χ0) is 13.3. The van der Waals surface area contributed by atoms with Crippen molar-refractivity contribution in [3.63, 3.8) is 0 Å². The summed E-state index contributed by atoms with van der Waals surface area (Å²) in [4.78, 5) is 0. The number of benzene rings is 2. The summed E-state index contributed by atoms with van der Waals surface area (Å²) < 4.78 is 5.92. The number of nitrogens with two attached hydrogens (primary N) is 1. The van der Waals surface area contributed by atoms with E-state index in [4.69, 9.17) is 22.1 Å². The van der Waals surface area contributed by atoms with Crippen LogP contribution in [0, 0.1) is 20.8 Å². The van der Waals surface area contributed by atoms with Gasteiger partial charge in [0.05, 0.1) is 5.69 Å². The Morgan fingerprint density at radius 2 is 1.78 bits per heavy atom. The molecule has 94 valence electrons.